The largest absolute Gasteiger partial charge is 0.382 e. The molecular weight excluding hydrogens is 240 g/mol. The molecule has 1 N–H and O–H groups in total. The molecule has 0 aromatic rings. The smallest absolute Gasteiger partial charge is 0.0700 e. The molecule has 0 aromatic carbocycles. The van der Waals surface area contributed by atoms with Crippen molar-refractivity contribution in [1.82, 2.24) is 10.2 Å². The fourth-order valence-corrected chi connectivity index (χ4v) is 2.30. The van der Waals surface area contributed by atoms with Gasteiger partial charge in [0.15, 0.2) is 0 Å². The summed E-state index contributed by atoms with van der Waals surface area (Å²) in [4.78, 5) is 2.35. The van der Waals surface area contributed by atoms with Crippen LogP contribution in [-0.2, 0) is 9.47 Å². The Morgan fingerprint density at radius 2 is 2.00 bits per heavy atom. The normalized spacial score (nSPS) is 17.5. The zero-order chi connectivity index (χ0) is 13.8. The lowest BCUT2D eigenvalue weighted by atomic mass is 10.0. The Kier molecular flexibility index (Phi) is 9.74. The SMILES string of the molecule is C#CCN1CCC(NCCCCOCCOC)CC1. The van der Waals surface area contributed by atoms with E-state index in [0.29, 0.717) is 19.3 Å². The van der Waals surface area contributed by atoms with Gasteiger partial charge in [0.05, 0.1) is 19.8 Å². The number of hydrogen-bond donors (Lipinski definition) is 1. The lowest BCUT2D eigenvalue weighted by molar-refractivity contribution is 0.0686. The summed E-state index contributed by atoms with van der Waals surface area (Å²) in [6.07, 6.45) is 10.0. The van der Waals surface area contributed by atoms with Gasteiger partial charge in [-0.2, -0.15) is 0 Å². The molecule has 0 amide bonds. The summed E-state index contributed by atoms with van der Waals surface area (Å²) in [7, 11) is 1.70. The van der Waals surface area contributed by atoms with E-state index in [1.807, 2.05) is 0 Å². The number of methoxy groups -OCH3 is 1. The van der Waals surface area contributed by atoms with Crippen LogP contribution in [0, 0.1) is 12.3 Å². The van der Waals surface area contributed by atoms with Gasteiger partial charge in [-0.05, 0) is 32.2 Å². The second-order valence-electron chi connectivity index (χ2n) is 5.02. The number of nitrogens with one attached hydrogen (secondary N) is 1. The third-order valence-corrected chi connectivity index (χ3v) is 3.48. The van der Waals surface area contributed by atoms with Crippen LogP contribution in [0.1, 0.15) is 25.7 Å². The third-order valence-electron chi connectivity index (χ3n) is 3.48. The fraction of sp³-hybridized carbons (Fsp3) is 0.867. The first kappa shape index (κ1) is 16.5. The molecule has 110 valence electrons. The van der Waals surface area contributed by atoms with Gasteiger partial charge in [0, 0.05) is 32.8 Å². The zero-order valence-corrected chi connectivity index (χ0v) is 12.2. The van der Waals surface area contributed by atoms with Gasteiger partial charge in [0.25, 0.3) is 0 Å². The predicted octanol–water partition coefficient (Wildman–Crippen LogP) is 1.12. The molecule has 0 bridgehead atoms. The van der Waals surface area contributed by atoms with Crippen molar-refractivity contribution in [3.63, 3.8) is 0 Å². The van der Waals surface area contributed by atoms with Crippen LogP contribution in [0.4, 0.5) is 0 Å². The Hall–Kier alpha value is -0.600. The van der Waals surface area contributed by atoms with Crippen molar-refractivity contribution in [2.75, 3.05) is 53.1 Å². The molecule has 1 rings (SSSR count). The van der Waals surface area contributed by atoms with E-state index < -0.39 is 0 Å². The number of nitrogens with zero attached hydrogens (tertiary/aromatic N) is 1. The molecule has 4 heteroatoms. The minimum absolute atomic E-state index is 0.670. The molecule has 1 fully saturated rings. The Labute approximate surface area is 117 Å². The van der Waals surface area contributed by atoms with Crippen LogP contribution in [-0.4, -0.2) is 64.1 Å². The van der Waals surface area contributed by atoms with Gasteiger partial charge in [-0.25, -0.2) is 0 Å². The summed E-state index contributed by atoms with van der Waals surface area (Å²) in [6, 6.07) is 0.670. The van der Waals surface area contributed by atoms with Crippen LogP contribution in [0.3, 0.4) is 0 Å². The van der Waals surface area contributed by atoms with E-state index in [4.69, 9.17) is 15.9 Å². The van der Waals surface area contributed by atoms with Crippen molar-refractivity contribution in [2.45, 2.75) is 31.7 Å². The van der Waals surface area contributed by atoms with E-state index >= 15 is 0 Å². The standard InChI is InChI=1S/C15H28N2O2/c1-3-9-17-10-6-15(7-11-17)16-8-4-5-12-19-14-13-18-2/h1,15-16H,4-14H2,2H3. The maximum absolute atomic E-state index is 5.43. The number of hydrogen-bond acceptors (Lipinski definition) is 4. The highest BCUT2D eigenvalue weighted by molar-refractivity contribution is 4.90. The van der Waals surface area contributed by atoms with Crippen molar-refractivity contribution < 1.29 is 9.47 Å². The molecule has 0 spiro atoms. The Morgan fingerprint density at radius 1 is 1.21 bits per heavy atom. The molecule has 1 aliphatic heterocycles. The van der Waals surface area contributed by atoms with E-state index in [-0.39, 0.29) is 0 Å². The van der Waals surface area contributed by atoms with Crippen molar-refractivity contribution in [2.24, 2.45) is 0 Å². The average molecular weight is 268 g/mol. The first-order chi connectivity index (χ1) is 9.36. The maximum Gasteiger partial charge on any atom is 0.0700 e. The number of ether oxygens (including phenoxy) is 2. The summed E-state index contributed by atoms with van der Waals surface area (Å²) in [5, 5.41) is 3.63. The molecule has 0 radical (unpaired) electrons. The van der Waals surface area contributed by atoms with Gasteiger partial charge in [-0.3, -0.25) is 4.90 Å². The zero-order valence-electron chi connectivity index (χ0n) is 12.2. The molecule has 0 unspecified atom stereocenters. The van der Waals surface area contributed by atoms with E-state index in [1.54, 1.807) is 7.11 Å². The first-order valence-electron chi connectivity index (χ1n) is 7.32. The second-order valence-corrected chi connectivity index (χ2v) is 5.02. The van der Waals surface area contributed by atoms with Crippen LogP contribution in [0.15, 0.2) is 0 Å². The molecule has 0 aromatic heterocycles. The van der Waals surface area contributed by atoms with Crippen LogP contribution in [0.5, 0.6) is 0 Å². The monoisotopic (exact) mass is 268 g/mol. The van der Waals surface area contributed by atoms with Crippen LogP contribution in [0.25, 0.3) is 0 Å². The number of terminal acetylenes is 1. The van der Waals surface area contributed by atoms with Gasteiger partial charge >= 0.3 is 0 Å². The Morgan fingerprint density at radius 3 is 2.68 bits per heavy atom. The van der Waals surface area contributed by atoms with E-state index in [2.05, 4.69) is 16.1 Å². The molecule has 0 atom stereocenters. The average Bonchev–Trinajstić information content (AvgIpc) is 2.44. The fourth-order valence-electron chi connectivity index (χ4n) is 2.30. The molecule has 1 heterocycles. The first-order valence-corrected chi connectivity index (χ1v) is 7.32. The van der Waals surface area contributed by atoms with Gasteiger partial charge < -0.3 is 14.8 Å². The van der Waals surface area contributed by atoms with Crippen molar-refractivity contribution in [3.8, 4) is 12.3 Å². The molecule has 19 heavy (non-hydrogen) atoms. The second kappa shape index (κ2) is 11.2. The number of rotatable bonds is 10. The predicted molar refractivity (Wildman–Crippen MR) is 78.2 cm³/mol. The minimum atomic E-state index is 0.670. The molecule has 0 saturated carbocycles. The summed E-state index contributed by atoms with van der Waals surface area (Å²) < 4.78 is 10.4. The summed E-state index contributed by atoms with van der Waals surface area (Å²) >= 11 is 0. The Bertz CT molecular complexity index is 245. The van der Waals surface area contributed by atoms with Gasteiger partial charge in [-0.15, -0.1) is 6.42 Å². The van der Waals surface area contributed by atoms with Gasteiger partial charge in [0.1, 0.15) is 0 Å². The quantitative estimate of drug-likeness (QED) is 0.475. The molecule has 4 nitrogen and oxygen atoms in total. The highest BCUT2D eigenvalue weighted by Crippen LogP contribution is 2.09. The number of likely N-dealkylation sites (tertiary alicyclic amines) is 1. The van der Waals surface area contributed by atoms with Gasteiger partial charge in [0.2, 0.25) is 0 Å². The van der Waals surface area contributed by atoms with E-state index in [9.17, 15) is 0 Å². The van der Waals surface area contributed by atoms with Crippen LogP contribution >= 0.6 is 0 Å². The van der Waals surface area contributed by atoms with Crippen LogP contribution in [0.2, 0.25) is 0 Å². The summed E-state index contributed by atoms with van der Waals surface area (Å²) in [5.74, 6) is 2.72. The molecule has 0 aliphatic carbocycles. The lowest BCUT2D eigenvalue weighted by Gasteiger charge is -2.31. The van der Waals surface area contributed by atoms with E-state index in [1.165, 1.54) is 19.3 Å². The molecule has 1 saturated heterocycles. The summed E-state index contributed by atoms with van der Waals surface area (Å²) in [6.45, 7) is 6.38. The van der Waals surface area contributed by atoms with Gasteiger partial charge in [-0.1, -0.05) is 5.92 Å². The summed E-state index contributed by atoms with van der Waals surface area (Å²) in [5.41, 5.74) is 0. The molecular formula is C15H28N2O2. The van der Waals surface area contributed by atoms with E-state index in [0.717, 1.165) is 39.2 Å². The number of piperidine rings is 1. The maximum atomic E-state index is 5.43. The lowest BCUT2D eigenvalue weighted by Crippen LogP contribution is -2.42. The molecule has 1 aliphatic rings. The minimum Gasteiger partial charge on any atom is -0.382 e. The highest BCUT2D eigenvalue weighted by Gasteiger charge is 2.17. The van der Waals surface area contributed by atoms with Crippen molar-refractivity contribution >= 4 is 0 Å². The Balaban J connectivity index is 1.87. The van der Waals surface area contributed by atoms with Crippen molar-refractivity contribution in [3.05, 3.63) is 0 Å². The highest BCUT2D eigenvalue weighted by atomic mass is 16.5. The number of unbranched alkanes of at least 4 members (excludes halogenated alkanes) is 1. The third kappa shape index (κ3) is 8.22. The van der Waals surface area contributed by atoms with Crippen LogP contribution < -0.4 is 5.32 Å². The van der Waals surface area contributed by atoms with Crippen molar-refractivity contribution in [1.29, 1.82) is 0 Å². The topological polar surface area (TPSA) is 33.7 Å².